The monoisotopic (exact) mass is 423 g/mol. The molecule has 1 heterocycles. The molecule has 0 aliphatic rings. The first kappa shape index (κ1) is 17.6. The summed E-state index contributed by atoms with van der Waals surface area (Å²) >= 11 is 3.28. The van der Waals surface area contributed by atoms with Gasteiger partial charge in [0.2, 0.25) is 0 Å². The average Bonchev–Trinajstić information content (AvgIpc) is 2.89. The number of halogens is 2. The number of nitrogens with one attached hydrogen (secondary N) is 1. The van der Waals surface area contributed by atoms with Crippen molar-refractivity contribution in [3.8, 4) is 0 Å². The zero-order valence-electron chi connectivity index (χ0n) is 13.3. The number of aromatic nitrogens is 2. The van der Waals surface area contributed by atoms with Gasteiger partial charge in [-0.25, -0.2) is 12.8 Å². The van der Waals surface area contributed by atoms with Gasteiger partial charge in [-0.05, 0) is 41.1 Å². The molecule has 0 spiro atoms. The van der Waals surface area contributed by atoms with E-state index < -0.39 is 10.0 Å². The Morgan fingerprint density at radius 3 is 2.52 bits per heavy atom. The van der Waals surface area contributed by atoms with Crippen molar-refractivity contribution < 1.29 is 12.8 Å². The maximum absolute atomic E-state index is 13.7. The van der Waals surface area contributed by atoms with Gasteiger partial charge in [-0.3, -0.25) is 9.40 Å². The van der Waals surface area contributed by atoms with Crippen molar-refractivity contribution in [3.05, 3.63) is 76.1 Å². The van der Waals surface area contributed by atoms with Crippen LogP contribution in [-0.2, 0) is 16.6 Å². The lowest BCUT2D eigenvalue weighted by atomic mass is 10.2. The van der Waals surface area contributed by atoms with Gasteiger partial charge in [-0.15, -0.1) is 0 Å². The first-order valence-electron chi connectivity index (χ1n) is 7.41. The van der Waals surface area contributed by atoms with Gasteiger partial charge in [0, 0.05) is 11.8 Å². The summed E-state index contributed by atoms with van der Waals surface area (Å²) in [7, 11) is -3.75. The van der Waals surface area contributed by atoms with Crippen LogP contribution < -0.4 is 4.72 Å². The Kier molecular flexibility index (Phi) is 4.91. The number of hydrogen-bond donors (Lipinski definition) is 1. The minimum absolute atomic E-state index is 0.147. The van der Waals surface area contributed by atoms with E-state index in [1.54, 1.807) is 36.5 Å². The summed E-state index contributed by atoms with van der Waals surface area (Å²) in [4.78, 5) is 0.147. The molecule has 5 nitrogen and oxygen atoms in total. The number of benzene rings is 2. The van der Waals surface area contributed by atoms with Crippen LogP contribution >= 0.6 is 15.9 Å². The number of sulfonamides is 1. The van der Waals surface area contributed by atoms with Crippen LogP contribution in [-0.4, -0.2) is 18.2 Å². The van der Waals surface area contributed by atoms with E-state index in [4.69, 9.17) is 0 Å². The van der Waals surface area contributed by atoms with Crippen molar-refractivity contribution in [3.63, 3.8) is 0 Å². The van der Waals surface area contributed by atoms with E-state index in [2.05, 4.69) is 25.8 Å². The highest BCUT2D eigenvalue weighted by Crippen LogP contribution is 2.24. The minimum atomic E-state index is -3.75. The van der Waals surface area contributed by atoms with Gasteiger partial charge < -0.3 is 0 Å². The summed E-state index contributed by atoms with van der Waals surface area (Å²) in [5, 5.41) is 4.19. The lowest BCUT2D eigenvalue weighted by Crippen LogP contribution is -2.14. The van der Waals surface area contributed by atoms with Crippen LogP contribution in [0.2, 0.25) is 0 Å². The van der Waals surface area contributed by atoms with Crippen molar-refractivity contribution in [2.75, 3.05) is 4.72 Å². The first-order valence-corrected chi connectivity index (χ1v) is 9.68. The number of aryl methyl sites for hydroxylation is 1. The van der Waals surface area contributed by atoms with E-state index in [-0.39, 0.29) is 23.1 Å². The Morgan fingerprint density at radius 2 is 1.84 bits per heavy atom. The van der Waals surface area contributed by atoms with E-state index in [1.165, 1.54) is 22.9 Å². The molecular weight excluding hydrogens is 409 g/mol. The minimum Gasteiger partial charge on any atom is -0.265 e. The van der Waals surface area contributed by atoms with Gasteiger partial charge in [0.25, 0.3) is 10.0 Å². The maximum atomic E-state index is 13.7. The van der Waals surface area contributed by atoms with Crippen molar-refractivity contribution >= 4 is 31.8 Å². The van der Waals surface area contributed by atoms with Crippen LogP contribution in [0.5, 0.6) is 0 Å². The zero-order valence-corrected chi connectivity index (χ0v) is 15.7. The first-order chi connectivity index (χ1) is 11.8. The topological polar surface area (TPSA) is 64.0 Å². The largest absolute Gasteiger partial charge is 0.265 e. The Morgan fingerprint density at radius 1 is 1.16 bits per heavy atom. The molecule has 25 heavy (non-hydrogen) atoms. The fourth-order valence-electron chi connectivity index (χ4n) is 2.25. The van der Waals surface area contributed by atoms with Crippen molar-refractivity contribution in [2.45, 2.75) is 18.4 Å². The summed E-state index contributed by atoms with van der Waals surface area (Å²) < 4.78 is 43.0. The second kappa shape index (κ2) is 6.97. The molecule has 3 rings (SSSR count). The molecule has 3 aromatic rings. The highest BCUT2D eigenvalue weighted by Gasteiger charge is 2.18. The zero-order chi connectivity index (χ0) is 18.0. The predicted molar refractivity (Wildman–Crippen MR) is 97.4 cm³/mol. The summed E-state index contributed by atoms with van der Waals surface area (Å²) in [5.41, 5.74) is 1.43. The van der Waals surface area contributed by atoms with Crippen LogP contribution in [0.3, 0.4) is 0 Å². The van der Waals surface area contributed by atoms with Gasteiger partial charge in [-0.1, -0.05) is 35.9 Å². The summed E-state index contributed by atoms with van der Waals surface area (Å²) in [6.45, 7) is 2.07. The summed E-state index contributed by atoms with van der Waals surface area (Å²) in [5.74, 6) is -0.187. The number of rotatable bonds is 5. The molecule has 1 aromatic heterocycles. The standard InChI is InChI=1S/C17H15BrFN3O2S/c1-12-6-8-14(9-7-12)25(23,24)21-17-15(18)11-22(20-17)10-13-4-2-3-5-16(13)19/h2-9,11H,10H2,1H3,(H,20,21). The lowest BCUT2D eigenvalue weighted by Gasteiger charge is -2.06. The highest BCUT2D eigenvalue weighted by atomic mass is 79.9. The summed E-state index contributed by atoms with van der Waals surface area (Å²) in [6, 6.07) is 12.9. The van der Waals surface area contributed by atoms with Crippen molar-refractivity contribution in [1.82, 2.24) is 9.78 Å². The molecular formula is C17H15BrFN3O2S. The maximum Gasteiger partial charge on any atom is 0.263 e. The smallest absolute Gasteiger partial charge is 0.263 e. The molecule has 0 atom stereocenters. The Hall–Kier alpha value is -2.19. The molecule has 0 saturated heterocycles. The summed E-state index contributed by atoms with van der Waals surface area (Å²) in [6.07, 6.45) is 1.60. The third-order valence-corrected chi connectivity index (χ3v) is 5.50. The van der Waals surface area contributed by atoms with Crippen LogP contribution in [0.25, 0.3) is 0 Å². The number of hydrogen-bond acceptors (Lipinski definition) is 3. The average molecular weight is 424 g/mol. The molecule has 0 bridgehead atoms. The van der Waals surface area contributed by atoms with E-state index in [9.17, 15) is 12.8 Å². The Labute approximate surface area is 153 Å². The van der Waals surface area contributed by atoms with E-state index in [1.807, 2.05) is 6.92 Å². The van der Waals surface area contributed by atoms with Crippen molar-refractivity contribution in [1.29, 1.82) is 0 Å². The molecule has 0 unspecified atom stereocenters. The molecule has 130 valence electrons. The molecule has 2 aromatic carbocycles. The van der Waals surface area contributed by atoms with Crippen LogP contribution in [0.15, 0.2) is 64.1 Å². The Balaban J connectivity index is 1.83. The fourth-order valence-corrected chi connectivity index (χ4v) is 3.82. The SMILES string of the molecule is Cc1ccc(S(=O)(=O)Nc2nn(Cc3ccccc3F)cc2Br)cc1. The molecule has 0 fully saturated rings. The van der Waals surface area contributed by atoms with Gasteiger partial charge in [0.15, 0.2) is 5.82 Å². The molecule has 0 radical (unpaired) electrons. The highest BCUT2D eigenvalue weighted by molar-refractivity contribution is 9.10. The molecule has 0 aliphatic carbocycles. The molecule has 0 saturated carbocycles. The van der Waals surface area contributed by atoms with Gasteiger partial charge in [-0.2, -0.15) is 5.10 Å². The third-order valence-electron chi connectivity index (χ3n) is 3.57. The number of anilines is 1. The molecule has 1 N–H and O–H groups in total. The predicted octanol–water partition coefficient (Wildman–Crippen LogP) is 3.94. The van der Waals surface area contributed by atoms with Crippen LogP contribution in [0, 0.1) is 12.7 Å². The van der Waals surface area contributed by atoms with Gasteiger partial charge in [0.05, 0.1) is 15.9 Å². The Bertz CT molecular complexity index is 1000. The van der Waals surface area contributed by atoms with Crippen LogP contribution in [0.4, 0.5) is 10.2 Å². The fraction of sp³-hybridized carbons (Fsp3) is 0.118. The van der Waals surface area contributed by atoms with E-state index in [0.717, 1.165) is 5.56 Å². The molecule has 0 amide bonds. The normalized spacial score (nSPS) is 11.5. The third kappa shape index (κ3) is 4.08. The van der Waals surface area contributed by atoms with Gasteiger partial charge >= 0.3 is 0 Å². The van der Waals surface area contributed by atoms with E-state index >= 15 is 0 Å². The molecule has 8 heteroatoms. The molecule has 0 aliphatic heterocycles. The number of nitrogens with zero attached hydrogens (tertiary/aromatic N) is 2. The quantitative estimate of drug-likeness (QED) is 0.675. The van der Waals surface area contributed by atoms with Crippen LogP contribution in [0.1, 0.15) is 11.1 Å². The lowest BCUT2D eigenvalue weighted by molar-refractivity contribution is 0.585. The second-order valence-electron chi connectivity index (χ2n) is 5.53. The second-order valence-corrected chi connectivity index (χ2v) is 8.07. The van der Waals surface area contributed by atoms with Gasteiger partial charge in [0.1, 0.15) is 5.82 Å². The van der Waals surface area contributed by atoms with Crippen molar-refractivity contribution in [2.24, 2.45) is 0 Å². The van der Waals surface area contributed by atoms with E-state index in [0.29, 0.717) is 10.0 Å².